The molecular formula is C28H40N6O4. The van der Waals surface area contributed by atoms with Crippen molar-refractivity contribution in [1.82, 2.24) is 24.8 Å². The predicted molar refractivity (Wildman–Crippen MR) is 149 cm³/mol. The van der Waals surface area contributed by atoms with Gasteiger partial charge in [0, 0.05) is 30.4 Å². The molecule has 2 heterocycles. The fourth-order valence-corrected chi connectivity index (χ4v) is 4.06. The van der Waals surface area contributed by atoms with Crippen LogP contribution in [0.3, 0.4) is 0 Å². The van der Waals surface area contributed by atoms with Crippen LogP contribution >= 0.6 is 0 Å². The number of likely N-dealkylation sites (N-methyl/N-ethyl adjacent to an activating group) is 1. The molecule has 0 spiro atoms. The summed E-state index contributed by atoms with van der Waals surface area (Å²) in [5, 5.41) is 16.8. The molecule has 10 heteroatoms. The second kappa shape index (κ2) is 12.7. The highest BCUT2D eigenvalue weighted by atomic mass is 16.6. The molecule has 206 valence electrons. The lowest BCUT2D eigenvalue weighted by Gasteiger charge is -2.23. The summed E-state index contributed by atoms with van der Waals surface area (Å²) in [5.41, 5.74) is 2.93. The van der Waals surface area contributed by atoms with Crippen LogP contribution in [0.15, 0.2) is 30.3 Å². The predicted octanol–water partition coefficient (Wildman–Crippen LogP) is 4.34. The lowest BCUT2D eigenvalue weighted by Crippen LogP contribution is -2.37. The van der Waals surface area contributed by atoms with Crippen LogP contribution in [0.25, 0.3) is 11.0 Å². The Hall–Kier alpha value is -3.66. The lowest BCUT2D eigenvalue weighted by atomic mass is 10.1. The van der Waals surface area contributed by atoms with Gasteiger partial charge >= 0.3 is 6.09 Å². The molecule has 0 aliphatic heterocycles. The van der Waals surface area contributed by atoms with Crippen molar-refractivity contribution in [2.75, 3.05) is 32.0 Å². The molecule has 0 radical (unpaired) electrons. The van der Waals surface area contributed by atoms with Crippen LogP contribution in [0.4, 0.5) is 10.7 Å². The lowest BCUT2D eigenvalue weighted by molar-refractivity contribution is 0.0523. The van der Waals surface area contributed by atoms with Gasteiger partial charge in [0.25, 0.3) is 0 Å². The first kappa shape index (κ1) is 28.9. The highest BCUT2D eigenvalue weighted by Gasteiger charge is 2.18. The van der Waals surface area contributed by atoms with Crippen LogP contribution in [0.2, 0.25) is 0 Å². The number of rotatable bonds is 12. The highest BCUT2D eigenvalue weighted by Crippen LogP contribution is 2.26. The summed E-state index contributed by atoms with van der Waals surface area (Å²) in [6.45, 7) is 11.8. The van der Waals surface area contributed by atoms with E-state index in [0.29, 0.717) is 36.8 Å². The molecule has 38 heavy (non-hydrogen) atoms. The Kier molecular flexibility index (Phi) is 9.68. The third kappa shape index (κ3) is 8.17. The van der Waals surface area contributed by atoms with Crippen molar-refractivity contribution < 1.29 is 19.4 Å². The molecule has 0 saturated carbocycles. The number of alkyl carbamates (subject to hydrolysis) is 1. The molecule has 1 amide bonds. The van der Waals surface area contributed by atoms with Gasteiger partial charge in [-0.25, -0.2) is 9.78 Å². The molecule has 0 fully saturated rings. The van der Waals surface area contributed by atoms with Gasteiger partial charge in [-0.15, -0.1) is 0 Å². The molecule has 1 aromatic carbocycles. The van der Waals surface area contributed by atoms with E-state index in [9.17, 15) is 14.7 Å². The molecule has 0 aliphatic carbocycles. The molecule has 1 atom stereocenters. The van der Waals surface area contributed by atoms with E-state index in [1.807, 2.05) is 45.4 Å². The summed E-state index contributed by atoms with van der Waals surface area (Å²) < 4.78 is 7.24. The van der Waals surface area contributed by atoms with E-state index in [0.717, 1.165) is 42.4 Å². The fraction of sp³-hybridized carbons (Fsp3) is 0.500. The molecule has 0 bridgehead atoms. The zero-order valence-corrected chi connectivity index (χ0v) is 23.2. The van der Waals surface area contributed by atoms with Crippen LogP contribution in [-0.4, -0.2) is 75.2 Å². The van der Waals surface area contributed by atoms with E-state index < -0.39 is 11.7 Å². The standard InChI is InChI=1S/C28H40N6O4/c1-7-21(12-14-33(6)15-13-29-27(37)38-28(3,4)5)31-26-32-22-10-9-20(18-35)16-24(22)34(26)17-23-25(36)11-8-19(2)30-23/h8-11,16,18,21,36H,7,12-15,17H2,1-6H3,(H,29,37)(H,31,32). The summed E-state index contributed by atoms with van der Waals surface area (Å²) in [7, 11) is 2.02. The van der Waals surface area contributed by atoms with Crippen LogP contribution in [0, 0.1) is 6.92 Å². The van der Waals surface area contributed by atoms with Gasteiger partial charge in [-0.1, -0.05) is 6.92 Å². The summed E-state index contributed by atoms with van der Waals surface area (Å²) in [4.78, 5) is 34.8. The van der Waals surface area contributed by atoms with Gasteiger partial charge in [-0.05, 0) is 84.5 Å². The third-order valence-corrected chi connectivity index (χ3v) is 6.15. The number of nitrogens with one attached hydrogen (secondary N) is 2. The Morgan fingerprint density at radius 1 is 1.21 bits per heavy atom. The number of hydrogen-bond donors (Lipinski definition) is 3. The molecule has 3 N–H and O–H groups in total. The quantitative estimate of drug-likeness (QED) is 0.299. The second-order valence-corrected chi connectivity index (χ2v) is 10.6. The molecule has 0 saturated heterocycles. The number of aromatic hydroxyl groups is 1. The Bertz CT molecular complexity index is 1250. The number of carbonyl (C=O) groups excluding carboxylic acids is 2. The van der Waals surface area contributed by atoms with Crippen LogP contribution in [0.1, 0.15) is 62.3 Å². The summed E-state index contributed by atoms with van der Waals surface area (Å²) >= 11 is 0. The average Bonchev–Trinajstić information content (AvgIpc) is 3.18. The monoisotopic (exact) mass is 524 g/mol. The number of aldehydes is 1. The van der Waals surface area contributed by atoms with Gasteiger partial charge in [0.15, 0.2) is 0 Å². The van der Waals surface area contributed by atoms with Gasteiger partial charge in [0.2, 0.25) is 5.95 Å². The highest BCUT2D eigenvalue weighted by molar-refractivity contribution is 5.86. The number of imidazole rings is 1. The maximum atomic E-state index is 11.9. The van der Waals surface area contributed by atoms with Crippen molar-refractivity contribution in [2.24, 2.45) is 0 Å². The third-order valence-electron chi connectivity index (χ3n) is 6.15. The Labute approximate surface area is 224 Å². The largest absolute Gasteiger partial charge is 0.506 e. The number of aryl methyl sites for hydroxylation is 1. The van der Waals surface area contributed by atoms with E-state index in [1.165, 1.54) is 0 Å². The van der Waals surface area contributed by atoms with Crippen molar-refractivity contribution in [2.45, 2.75) is 65.6 Å². The summed E-state index contributed by atoms with van der Waals surface area (Å²) in [6.07, 6.45) is 2.13. The van der Waals surface area contributed by atoms with E-state index >= 15 is 0 Å². The van der Waals surface area contributed by atoms with Crippen molar-refractivity contribution in [1.29, 1.82) is 0 Å². The van der Waals surface area contributed by atoms with Crippen LogP contribution in [0.5, 0.6) is 5.75 Å². The Morgan fingerprint density at radius 2 is 1.97 bits per heavy atom. The molecule has 3 rings (SSSR count). The number of pyridine rings is 1. The summed E-state index contributed by atoms with van der Waals surface area (Å²) in [6, 6.07) is 8.92. The molecule has 3 aromatic rings. The number of ether oxygens (including phenoxy) is 1. The average molecular weight is 525 g/mol. The zero-order valence-electron chi connectivity index (χ0n) is 23.2. The number of hydrogen-bond acceptors (Lipinski definition) is 8. The normalized spacial score (nSPS) is 12.5. The first-order valence-electron chi connectivity index (χ1n) is 13.0. The SMILES string of the molecule is CCC(CCN(C)CCNC(=O)OC(C)(C)C)Nc1nc2ccc(C=O)cc2n1Cc1nc(C)ccc1O. The first-order chi connectivity index (χ1) is 18.0. The Morgan fingerprint density at radius 3 is 2.66 bits per heavy atom. The number of benzene rings is 1. The maximum absolute atomic E-state index is 11.9. The molecule has 10 nitrogen and oxygen atoms in total. The fourth-order valence-electron chi connectivity index (χ4n) is 4.06. The Balaban J connectivity index is 1.69. The number of aromatic nitrogens is 3. The maximum Gasteiger partial charge on any atom is 0.407 e. The van der Waals surface area contributed by atoms with Gasteiger partial charge in [-0.2, -0.15) is 0 Å². The molecule has 1 unspecified atom stereocenters. The minimum Gasteiger partial charge on any atom is -0.506 e. The van der Waals surface area contributed by atoms with Crippen LogP contribution in [-0.2, 0) is 11.3 Å². The van der Waals surface area contributed by atoms with Crippen molar-refractivity contribution in [3.8, 4) is 5.75 Å². The van der Waals surface area contributed by atoms with E-state index in [-0.39, 0.29) is 11.8 Å². The number of fused-ring (bicyclic) bond motifs is 1. The smallest absolute Gasteiger partial charge is 0.407 e. The van der Waals surface area contributed by atoms with E-state index in [1.54, 1.807) is 24.3 Å². The molecule has 2 aromatic heterocycles. The van der Waals surface area contributed by atoms with Gasteiger partial charge < -0.3 is 29.9 Å². The van der Waals surface area contributed by atoms with Gasteiger partial charge in [0.05, 0.1) is 17.6 Å². The van der Waals surface area contributed by atoms with E-state index in [4.69, 9.17) is 9.72 Å². The van der Waals surface area contributed by atoms with Gasteiger partial charge in [0.1, 0.15) is 23.3 Å². The number of anilines is 1. The summed E-state index contributed by atoms with van der Waals surface area (Å²) in [5.74, 6) is 0.774. The van der Waals surface area contributed by atoms with Gasteiger partial charge in [-0.3, -0.25) is 9.78 Å². The van der Waals surface area contributed by atoms with Crippen molar-refractivity contribution in [3.05, 3.63) is 47.3 Å². The first-order valence-corrected chi connectivity index (χ1v) is 13.0. The molecular weight excluding hydrogens is 484 g/mol. The molecule has 0 aliphatic rings. The number of carbonyl (C=O) groups is 2. The van der Waals surface area contributed by atoms with E-state index in [2.05, 4.69) is 27.4 Å². The van der Waals surface area contributed by atoms with Crippen molar-refractivity contribution >= 4 is 29.4 Å². The van der Waals surface area contributed by atoms with Crippen molar-refractivity contribution in [3.63, 3.8) is 0 Å². The van der Waals surface area contributed by atoms with Crippen LogP contribution < -0.4 is 10.6 Å². The number of amides is 1. The minimum absolute atomic E-state index is 0.114. The minimum atomic E-state index is -0.518. The number of nitrogens with zero attached hydrogens (tertiary/aromatic N) is 4. The zero-order chi connectivity index (χ0) is 27.9. The topological polar surface area (TPSA) is 122 Å². The second-order valence-electron chi connectivity index (χ2n) is 10.6.